The summed E-state index contributed by atoms with van der Waals surface area (Å²) in [5, 5.41) is 9.35. The maximum Gasteiger partial charge on any atom is 0.304 e. The van der Waals surface area contributed by atoms with Crippen molar-refractivity contribution in [2.45, 2.75) is 105 Å². The smallest absolute Gasteiger partial charge is 0.304 e. The van der Waals surface area contributed by atoms with Crippen LogP contribution in [0.4, 0.5) is 0 Å². The number of carboxylic acid groups (broad SMARTS) is 1. The Bertz CT molecular complexity index is 766. The molecule has 0 heterocycles. The van der Waals surface area contributed by atoms with Gasteiger partial charge in [-0.2, -0.15) is 0 Å². The van der Waals surface area contributed by atoms with Gasteiger partial charge in [-0.3, -0.25) is 9.59 Å². The van der Waals surface area contributed by atoms with Gasteiger partial charge in [0.05, 0.1) is 6.42 Å². The van der Waals surface area contributed by atoms with Crippen molar-refractivity contribution in [3.05, 3.63) is 11.6 Å². The molecule has 0 aliphatic heterocycles. The van der Waals surface area contributed by atoms with E-state index in [1.54, 1.807) is 0 Å². The fourth-order valence-electron chi connectivity index (χ4n) is 9.16. The van der Waals surface area contributed by atoms with Gasteiger partial charge < -0.3 is 5.11 Å². The molecular formula is C29H46O3. The Hall–Kier alpha value is -1.12. The molecule has 32 heavy (non-hydrogen) atoms. The number of rotatable bonds is 7. The molecule has 0 aromatic rings. The molecule has 0 aromatic carbocycles. The lowest BCUT2D eigenvalue weighted by Crippen LogP contribution is -2.52. The maximum absolute atomic E-state index is 12.6. The number of fused-ring (bicyclic) bond motifs is 5. The predicted octanol–water partition coefficient (Wildman–Crippen LogP) is 7.30. The fourth-order valence-corrected chi connectivity index (χ4v) is 9.16. The summed E-state index contributed by atoms with van der Waals surface area (Å²) in [6, 6.07) is 0. The molecule has 3 nitrogen and oxygen atoms in total. The molecule has 3 fully saturated rings. The largest absolute Gasteiger partial charge is 0.481 e. The van der Waals surface area contributed by atoms with E-state index in [1.807, 2.05) is 6.08 Å². The summed E-state index contributed by atoms with van der Waals surface area (Å²) >= 11 is 0. The van der Waals surface area contributed by atoms with E-state index in [2.05, 4.69) is 34.6 Å². The van der Waals surface area contributed by atoms with Gasteiger partial charge >= 0.3 is 5.97 Å². The van der Waals surface area contributed by atoms with Gasteiger partial charge in [-0.1, -0.05) is 59.5 Å². The van der Waals surface area contributed by atoms with E-state index >= 15 is 0 Å². The minimum Gasteiger partial charge on any atom is -0.481 e. The second-order valence-corrected chi connectivity index (χ2v) is 12.9. The van der Waals surface area contributed by atoms with Crippen LogP contribution in [0.15, 0.2) is 11.6 Å². The number of carbonyl (C=O) groups is 2. The molecule has 0 amide bonds. The van der Waals surface area contributed by atoms with Gasteiger partial charge in [0.1, 0.15) is 0 Å². The Labute approximate surface area is 195 Å². The van der Waals surface area contributed by atoms with Gasteiger partial charge in [-0.05, 0) is 97.4 Å². The standard InChI is InChI=1S/C29H46O3/c1-18(2)7-6-8-19(3)23-11-12-24-22-10-9-21-16-26(30)20(15-27(31)32)17-29(21,5)25(22)13-14-28(23,24)4/h16,18-20,22-25H,6-15,17H2,1-5H3,(H,31,32)/t19-,20-,22+,23-,24+,25+,28-,29+/m1/s1. The highest BCUT2D eigenvalue weighted by Crippen LogP contribution is 2.68. The van der Waals surface area contributed by atoms with Gasteiger partial charge in [-0.25, -0.2) is 0 Å². The first-order valence-corrected chi connectivity index (χ1v) is 13.5. The molecule has 3 heteroatoms. The number of allylic oxidation sites excluding steroid dienone is 1. The Balaban J connectivity index is 1.51. The Morgan fingerprint density at radius 3 is 2.53 bits per heavy atom. The lowest BCUT2D eigenvalue weighted by molar-refractivity contribution is -0.141. The molecule has 0 radical (unpaired) electrons. The summed E-state index contributed by atoms with van der Waals surface area (Å²) in [5.74, 6) is 3.58. The van der Waals surface area contributed by atoms with E-state index < -0.39 is 5.97 Å². The van der Waals surface area contributed by atoms with Crippen LogP contribution in [0.25, 0.3) is 0 Å². The zero-order valence-electron chi connectivity index (χ0n) is 21.2. The van der Waals surface area contributed by atoms with E-state index in [-0.39, 0.29) is 23.5 Å². The molecule has 1 N–H and O–H groups in total. The number of hydrogen-bond donors (Lipinski definition) is 1. The van der Waals surface area contributed by atoms with Gasteiger partial charge in [0.2, 0.25) is 0 Å². The number of carbonyl (C=O) groups excluding carboxylic acids is 1. The Kier molecular flexibility index (Phi) is 6.69. The molecular weight excluding hydrogens is 396 g/mol. The topological polar surface area (TPSA) is 54.4 Å². The monoisotopic (exact) mass is 442 g/mol. The SMILES string of the molecule is CC(C)CCC[C@@H](C)[C@H]1CC[C@H]2[C@@H]3CCC4=CC(=O)[C@H](CC(=O)O)C[C@]4(C)[C@H]3CC[C@]12C. The van der Waals surface area contributed by atoms with Gasteiger partial charge in [0.15, 0.2) is 5.78 Å². The van der Waals surface area contributed by atoms with Crippen LogP contribution in [0.3, 0.4) is 0 Å². The first-order chi connectivity index (χ1) is 15.1. The number of ketones is 1. The van der Waals surface area contributed by atoms with Gasteiger partial charge in [0.25, 0.3) is 0 Å². The van der Waals surface area contributed by atoms with Crippen LogP contribution in [0.2, 0.25) is 0 Å². The second-order valence-electron chi connectivity index (χ2n) is 12.9. The van der Waals surface area contributed by atoms with Crippen molar-refractivity contribution in [1.29, 1.82) is 0 Å². The molecule has 0 saturated heterocycles. The van der Waals surface area contributed by atoms with Gasteiger partial charge in [0, 0.05) is 5.92 Å². The van der Waals surface area contributed by atoms with Crippen molar-refractivity contribution in [2.75, 3.05) is 0 Å². The molecule has 180 valence electrons. The molecule has 0 bridgehead atoms. The number of hydrogen-bond acceptors (Lipinski definition) is 2. The van der Waals surface area contributed by atoms with Crippen LogP contribution in [0.1, 0.15) is 105 Å². The van der Waals surface area contributed by atoms with Crippen molar-refractivity contribution < 1.29 is 14.7 Å². The summed E-state index contributed by atoms with van der Waals surface area (Å²) in [5.41, 5.74) is 1.84. The summed E-state index contributed by atoms with van der Waals surface area (Å²) in [6.07, 6.45) is 14.3. The Morgan fingerprint density at radius 1 is 1.09 bits per heavy atom. The normalized spacial score (nSPS) is 42.1. The summed E-state index contributed by atoms with van der Waals surface area (Å²) in [7, 11) is 0. The van der Waals surface area contributed by atoms with Crippen molar-refractivity contribution >= 4 is 11.8 Å². The van der Waals surface area contributed by atoms with E-state index in [4.69, 9.17) is 0 Å². The third kappa shape index (κ3) is 4.11. The lowest BCUT2D eigenvalue weighted by atomic mass is 9.45. The highest BCUT2D eigenvalue weighted by Gasteiger charge is 2.60. The molecule has 0 unspecified atom stereocenters. The molecule has 4 rings (SSSR count). The minimum atomic E-state index is -0.836. The van der Waals surface area contributed by atoms with Crippen LogP contribution in [-0.4, -0.2) is 16.9 Å². The lowest BCUT2D eigenvalue weighted by Gasteiger charge is -2.59. The van der Waals surface area contributed by atoms with Crippen LogP contribution in [0, 0.1) is 52.3 Å². The van der Waals surface area contributed by atoms with E-state index in [0.717, 1.165) is 42.4 Å². The predicted molar refractivity (Wildman–Crippen MR) is 129 cm³/mol. The number of aliphatic carboxylic acids is 1. The summed E-state index contributed by atoms with van der Waals surface area (Å²) in [4.78, 5) is 24.0. The molecule has 3 saturated carbocycles. The highest BCUT2D eigenvalue weighted by atomic mass is 16.4. The first kappa shape index (κ1) is 24.0. The second kappa shape index (κ2) is 8.91. The molecule has 4 aliphatic rings. The Morgan fingerprint density at radius 2 is 1.84 bits per heavy atom. The minimum absolute atomic E-state index is 0.00724. The zero-order valence-corrected chi connectivity index (χ0v) is 21.2. The van der Waals surface area contributed by atoms with Crippen LogP contribution < -0.4 is 0 Å². The third-order valence-corrected chi connectivity index (χ3v) is 10.7. The van der Waals surface area contributed by atoms with Crippen molar-refractivity contribution in [1.82, 2.24) is 0 Å². The molecule has 4 aliphatic carbocycles. The van der Waals surface area contributed by atoms with Crippen molar-refractivity contribution in [3.8, 4) is 0 Å². The number of carboxylic acids is 1. The summed E-state index contributed by atoms with van der Waals surface area (Å²) < 4.78 is 0. The van der Waals surface area contributed by atoms with Crippen LogP contribution in [-0.2, 0) is 9.59 Å². The fraction of sp³-hybridized carbons (Fsp3) is 0.862. The van der Waals surface area contributed by atoms with E-state index in [1.165, 1.54) is 56.9 Å². The van der Waals surface area contributed by atoms with Crippen LogP contribution in [0.5, 0.6) is 0 Å². The zero-order chi connectivity index (χ0) is 23.3. The van der Waals surface area contributed by atoms with Crippen molar-refractivity contribution in [3.63, 3.8) is 0 Å². The van der Waals surface area contributed by atoms with Crippen molar-refractivity contribution in [2.24, 2.45) is 52.3 Å². The molecule has 0 spiro atoms. The quantitative estimate of drug-likeness (QED) is 0.450. The first-order valence-electron chi connectivity index (χ1n) is 13.5. The van der Waals surface area contributed by atoms with E-state index in [9.17, 15) is 14.7 Å². The molecule has 0 aromatic heterocycles. The third-order valence-electron chi connectivity index (χ3n) is 10.7. The van der Waals surface area contributed by atoms with E-state index in [0.29, 0.717) is 11.3 Å². The van der Waals surface area contributed by atoms with Crippen LogP contribution >= 0.6 is 0 Å². The maximum atomic E-state index is 12.6. The summed E-state index contributed by atoms with van der Waals surface area (Å²) in [6.45, 7) is 12.2. The average Bonchev–Trinajstić information content (AvgIpc) is 3.05. The van der Waals surface area contributed by atoms with Gasteiger partial charge in [-0.15, -0.1) is 0 Å². The highest BCUT2D eigenvalue weighted by molar-refractivity contribution is 5.95. The molecule has 8 atom stereocenters. The average molecular weight is 443 g/mol.